The fourth-order valence-electron chi connectivity index (χ4n) is 3.28. The number of hydrogen-bond donors (Lipinski definition) is 4. The molecule has 2 aromatic carbocycles. The maximum Gasteiger partial charge on any atom is 0.408 e. The van der Waals surface area contributed by atoms with E-state index < -0.39 is 6.09 Å². The standard InChI is InChI=1S/C24H25N5O3/c1-3-10-32-24(31)28-14-18-8-9-19(17-7-5-6-16(11-17)13-25)20-12-22(27-15-21(18)20)29-23(30)26-4-2/h1,5-9,11-12,15H,4,10,13-14,25H2,2H3,(H,28,31)(H2,26,27,29,30). The molecule has 0 aliphatic carbocycles. The van der Waals surface area contributed by atoms with Crippen molar-refractivity contribution in [3.63, 3.8) is 0 Å². The summed E-state index contributed by atoms with van der Waals surface area (Å²) in [5, 5.41) is 9.82. The molecule has 0 saturated carbocycles. The van der Waals surface area contributed by atoms with E-state index in [0.717, 1.165) is 33.0 Å². The first-order valence-corrected chi connectivity index (χ1v) is 10.2. The molecule has 0 saturated heterocycles. The average Bonchev–Trinajstić information content (AvgIpc) is 2.81. The minimum atomic E-state index is -0.599. The summed E-state index contributed by atoms with van der Waals surface area (Å²) in [5.74, 6) is 2.67. The number of ether oxygens (including phenoxy) is 1. The normalized spacial score (nSPS) is 10.3. The molecular formula is C24H25N5O3. The molecule has 3 amide bonds. The van der Waals surface area contributed by atoms with E-state index in [9.17, 15) is 9.59 Å². The van der Waals surface area contributed by atoms with Gasteiger partial charge in [-0.3, -0.25) is 5.32 Å². The minimum Gasteiger partial charge on any atom is -0.436 e. The molecule has 164 valence electrons. The van der Waals surface area contributed by atoms with Crippen LogP contribution in [0.2, 0.25) is 0 Å². The third-order valence-corrected chi connectivity index (χ3v) is 4.75. The van der Waals surface area contributed by atoms with Crippen molar-refractivity contribution in [1.82, 2.24) is 15.6 Å². The van der Waals surface area contributed by atoms with Gasteiger partial charge in [0.25, 0.3) is 0 Å². The third kappa shape index (κ3) is 5.53. The van der Waals surface area contributed by atoms with E-state index in [1.807, 2.05) is 49.4 Å². The van der Waals surface area contributed by atoms with Gasteiger partial charge in [-0.25, -0.2) is 14.6 Å². The molecule has 0 fully saturated rings. The van der Waals surface area contributed by atoms with Gasteiger partial charge in [0.2, 0.25) is 0 Å². The highest BCUT2D eigenvalue weighted by Gasteiger charge is 2.12. The van der Waals surface area contributed by atoms with Crippen molar-refractivity contribution in [2.75, 3.05) is 18.5 Å². The van der Waals surface area contributed by atoms with Gasteiger partial charge in [-0.15, -0.1) is 6.42 Å². The first-order chi connectivity index (χ1) is 15.5. The second-order valence-corrected chi connectivity index (χ2v) is 6.91. The van der Waals surface area contributed by atoms with Crippen LogP contribution >= 0.6 is 0 Å². The zero-order valence-electron chi connectivity index (χ0n) is 17.8. The Morgan fingerprint density at radius 1 is 1.16 bits per heavy atom. The van der Waals surface area contributed by atoms with Crippen LogP contribution in [-0.2, 0) is 17.8 Å². The van der Waals surface area contributed by atoms with Gasteiger partial charge in [0.1, 0.15) is 5.82 Å². The van der Waals surface area contributed by atoms with Crippen LogP contribution in [0.3, 0.4) is 0 Å². The Labute approximate surface area is 186 Å². The van der Waals surface area contributed by atoms with Crippen molar-refractivity contribution in [2.45, 2.75) is 20.0 Å². The highest BCUT2D eigenvalue weighted by Crippen LogP contribution is 2.32. The van der Waals surface area contributed by atoms with Crippen LogP contribution in [0, 0.1) is 12.3 Å². The lowest BCUT2D eigenvalue weighted by atomic mass is 9.95. The molecule has 0 aliphatic heterocycles. The molecule has 0 spiro atoms. The Balaban J connectivity index is 2.02. The van der Waals surface area contributed by atoms with E-state index in [-0.39, 0.29) is 19.2 Å². The Bertz CT molecular complexity index is 1170. The number of pyridine rings is 1. The third-order valence-electron chi connectivity index (χ3n) is 4.75. The van der Waals surface area contributed by atoms with Crippen molar-refractivity contribution < 1.29 is 14.3 Å². The van der Waals surface area contributed by atoms with Gasteiger partial charge in [-0.05, 0) is 46.7 Å². The number of nitrogens with zero attached hydrogens (tertiary/aromatic N) is 1. The minimum absolute atomic E-state index is 0.0978. The predicted octanol–water partition coefficient (Wildman–Crippen LogP) is 3.36. The molecule has 32 heavy (non-hydrogen) atoms. The van der Waals surface area contributed by atoms with Gasteiger partial charge in [0.15, 0.2) is 6.61 Å². The maximum absolute atomic E-state index is 12.0. The smallest absolute Gasteiger partial charge is 0.408 e. The zero-order chi connectivity index (χ0) is 22.9. The monoisotopic (exact) mass is 431 g/mol. The number of urea groups is 1. The number of anilines is 1. The van der Waals surface area contributed by atoms with Crippen LogP contribution in [0.1, 0.15) is 18.1 Å². The molecule has 0 radical (unpaired) electrons. The zero-order valence-corrected chi connectivity index (χ0v) is 17.8. The number of aromatic nitrogens is 1. The lowest BCUT2D eigenvalue weighted by Crippen LogP contribution is -2.28. The summed E-state index contributed by atoms with van der Waals surface area (Å²) in [5.41, 5.74) is 9.60. The first-order valence-electron chi connectivity index (χ1n) is 10.2. The van der Waals surface area contributed by atoms with Crippen molar-refractivity contribution in [2.24, 2.45) is 5.73 Å². The molecule has 5 N–H and O–H groups in total. The Morgan fingerprint density at radius 2 is 2.00 bits per heavy atom. The number of nitrogens with two attached hydrogens (primary N) is 1. The molecule has 0 atom stereocenters. The van der Waals surface area contributed by atoms with Crippen molar-refractivity contribution in [3.8, 4) is 23.5 Å². The van der Waals surface area contributed by atoms with Gasteiger partial charge < -0.3 is 21.1 Å². The summed E-state index contributed by atoms with van der Waals surface area (Å²) in [6, 6.07) is 13.3. The van der Waals surface area contributed by atoms with Crippen LogP contribution in [0.15, 0.2) is 48.7 Å². The van der Waals surface area contributed by atoms with Gasteiger partial charge in [-0.2, -0.15) is 0 Å². The molecule has 8 nitrogen and oxygen atoms in total. The molecule has 8 heteroatoms. The highest BCUT2D eigenvalue weighted by atomic mass is 16.5. The largest absolute Gasteiger partial charge is 0.436 e. The number of rotatable bonds is 7. The second-order valence-electron chi connectivity index (χ2n) is 6.91. The fourth-order valence-corrected chi connectivity index (χ4v) is 3.28. The lowest BCUT2D eigenvalue weighted by molar-refractivity contribution is 0.159. The van der Waals surface area contributed by atoms with E-state index in [1.165, 1.54) is 0 Å². The molecular weight excluding hydrogens is 406 g/mol. The highest BCUT2D eigenvalue weighted by molar-refractivity contribution is 6.01. The molecule has 0 bridgehead atoms. The van der Waals surface area contributed by atoms with Gasteiger partial charge in [0, 0.05) is 31.2 Å². The van der Waals surface area contributed by atoms with E-state index in [0.29, 0.717) is 18.9 Å². The summed E-state index contributed by atoms with van der Waals surface area (Å²) in [6.07, 6.45) is 6.19. The van der Waals surface area contributed by atoms with Crippen LogP contribution in [0.5, 0.6) is 0 Å². The van der Waals surface area contributed by atoms with Crippen molar-refractivity contribution in [1.29, 1.82) is 0 Å². The molecule has 0 unspecified atom stereocenters. The molecule has 1 aromatic heterocycles. The first kappa shape index (κ1) is 22.6. The van der Waals surface area contributed by atoms with Gasteiger partial charge in [0.05, 0.1) is 0 Å². The quantitative estimate of drug-likeness (QED) is 0.428. The molecule has 0 aliphatic rings. The predicted molar refractivity (Wildman–Crippen MR) is 125 cm³/mol. The van der Waals surface area contributed by atoms with E-state index >= 15 is 0 Å². The summed E-state index contributed by atoms with van der Waals surface area (Å²) in [6.45, 7) is 2.90. The van der Waals surface area contributed by atoms with Crippen LogP contribution in [0.4, 0.5) is 15.4 Å². The number of benzene rings is 2. The second kappa shape index (κ2) is 10.8. The number of nitrogens with one attached hydrogen (secondary N) is 3. The van der Waals surface area contributed by atoms with E-state index in [1.54, 1.807) is 6.20 Å². The maximum atomic E-state index is 12.0. The number of fused-ring (bicyclic) bond motifs is 1. The summed E-state index contributed by atoms with van der Waals surface area (Å²) < 4.78 is 4.86. The van der Waals surface area contributed by atoms with Crippen molar-refractivity contribution >= 4 is 28.7 Å². The summed E-state index contributed by atoms with van der Waals surface area (Å²) in [4.78, 5) is 28.1. The van der Waals surface area contributed by atoms with Crippen LogP contribution < -0.4 is 21.7 Å². The number of hydrogen-bond acceptors (Lipinski definition) is 5. The Hall–Kier alpha value is -4.09. The number of carbonyl (C=O) groups is 2. The fraction of sp³-hybridized carbons (Fsp3) is 0.208. The van der Waals surface area contributed by atoms with Crippen molar-refractivity contribution in [3.05, 3.63) is 59.8 Å². The molecule has 3 aromatic rings. The Morgan fingerprint density at radius 3 is 2.75 bits per heavy atom. The number of alkyl carbamates (subject to hydrolysis) is 1. The average molecular weight is 431 g/mol. The van der Waals surface area contributed by atoms with E-state index in [2.05, 4.69) is 26.9 Å². The summed E-state index contributed by atoms with van der Waals surface area (Å²) >= 11 is 0. The topological polar surface area (TPSA) is 118 Å². The van der Waals surface area contributed by atoms with Crippen LogP contribution in [-0.4, -0.2) is 30.3 Å². The lowest BCUT2D eigenvalue weighted by Gasteiger charge is -2.14. The number of amides is 3. The van der Waals surface area contributed by atoms with E-state index in [4.69, 9.17) is 16.9 Å². The Kier molecular flexibility index (Phi) is 7.62. The van der Waals surface area contributed by atoms with Gasteiger partial charge >= 0.3 is 12.1 Å². The molecule has 3 rings (SSSR count). The van der Waals surface area contributed by atoms with Gasteiger partial charge in [-0.1, -0.05) is 36.3 Å². The SMILES string of the molecule is C#CCOC(=O)NCc1ccc(-c2cccc(CN)c2)c2cc(NC(=O)NCC)ncc12. The number of terminal acetylenes is 1. The summed E-state index contributed by atoms with van der Waals surface area (Å²) in [7, 11) is 0. The molecule has 1 heterocycles. The van der Waals surface area contributed by atoms with Crippen LogP contribution in [0.25, 0.3) is 21.9 Å². The number of carbonyl (C=O) groups excluding carboxylic acids is 2.